The van der Waals surface area contributed by atoms with Gasteiger partial charge < -0.3 is 18.7 Å². The third-order valence-electron chi connectivity index (χ3n) is 3.04. The van der Waals surface area contributed by atoms with Gasteiger partial charge in [0.2, 0.25) is 0 Å². The lowest BCUT2D eigenvalue weighted by atomic mass is 9.91. The van der Waals surface area contributed by atoms with E-state index in [2.05, 4.69) is 12.1 Å². The Balaban J connectivity index is 2.09. The predicted molar refractivity (Wildman–Crippen MR) is 77.0 cm³/mol. The monoisotopic (exact) mass is 299 g/mol. The highest BCUT2D eigenvalue weighted by Gasteiger charge is 2.35. The van der Waals surface area contributed by atoms with Crippen LogP contribution in [0.2, 0.25) is 0 Å². The van der Waals surface area contributed by atoms with E-state index in [-0.39, 0.29) is 12.6 Å². The molecule has 0 aliphatic rings. The fraction of sp³-hybridized carbons (Fsp3) is 0.733. The first-order valence-corrected chi connectivity index (χ1v) is 7.33. The van der Waals surface area contributed by atoms with Crippen LogP contribution in [0.3, 0.4) is 0 Å². The third kappa shape index (κ3) is 6.27. The van der Waals surface area contributed by atoms with Crippen LogP contribution in [0.25, 0.3) is 0 Å². The van der Waals surface area contributed by atoms with Crippen molar-refractivity contribution in [3.8, 4) is 0 Å². The van der Waals surface area contributed by atoms with Crippen molar-refractivity contribution in [3.05, 3.63) is 18.0 Å². The number of nitrogens with zero attached hydrogens (tertiary/aromatic N) is 1. The summed E-state index contributed by atoms with van der Waals surface area (Å²) in [5, 5.41) is 3.60. The summed E-state index contributed by atoms with van der Waals surface area (Å²) in [5.74, 6) is 0.125. The topological polar surface area (TPSA) is 70.8 Å². The molecular weight excluding hydrogens is 274 g/mol. The van der Waals surface area contributed by atoms with Gasteiger partial charge in [0.15, 0.2) is 5.76 Å². The second kappa shape index (κ2) is 9.52. The molecule has 0 radical (unpaired) electrons. The zero-order valence-electron chi connectivity index (χ0n) is 13.1. The van der Waals surface area contributed by atoms with Crippen molar-refractivity contribution in [2.75, 3.05) is 33.0 Å². The Hall–Kier alpha value is -1.40. The van der Waals surface area contributed by atoms with E-state index < -0.39 is 5.41 Å². The van der Waals surface area contributed by atoms with E-state index in [0.29, 0.717) is 25.6 Å². The molecule has 1 rings (SSSR count). The Labute approximate surface area is 125 Å². The van der Waals surface area contributed by atoms with Crippen molar-refractivity contribution < 1.29 is 23.5 Å². The molecule has 0 aliphatic heterocycles. The third-order valence-corrected chi connectivity index (χ3v) is 3.04. The summed E-state index contributed by atoms with van der Waals surface area (Å²) in [6, 6.07) is 1.66. The molecule has 0 unspecified atom stereocenters. The van der Waals surface area contributed by atoms with Crippen LogP contribution in [-0.2, 0) is 24.4 Å². The Morgan fingerprint density at radius 1 is 1.19 bits per heavy atom. The second-order valence-electron chi connectivity index (χ2n) is 5.22. The largest absolute Gasteiger partial charge is 0.462 e. The molecule has 120 valence electrons. The predicted octanol–water partition coefficient (Wildman–Crippen LogP) is 2.33. The van der Waals surface area contributed by atoms with Crippen molar-refractivity contribution >= 4 is 5.97 Å². The molecular formula is C15H25NO5. The maximum absolute atomic E-state index is 12.0. The fourth-order valence-corrected chi connectivity index (χ4v) is 1.58. The van der Waals surface area contributed by atoms with Crippen LogP contribution in [0.5, 0.6) is 0 Å². The number of hydrogen-bond donors (Lipinski definition) is 0. The maximum atomic E-state index is 12.0. The molecule has 0 bridgehead atoms. The molecule has 21 heavy (non-hydrogen) atoms. The van der Waals surface area contributed by atoms with Crippen LogP contribution in [0, 0.1) is 0 Å². The number of carbonyl (C=O) groups excluding carboxylic acids is 1. The molecule has 1 aromatic rings. The second-order valence-corrected chi connectivity index (χ2v) is 5.22. The number of esters is 1. The maximum Gasteiger partial charge on any atom is 0.319 e. The zero-order valence-corrected chi connectivity index (χ0v) is 13.1. The van der Waals surface area contributed by atoms with E-state index in [1.54, 1.807) is 19.9 Å². The minimum Gasteiger partial charge on any atom is -0.462 e. The number of rotatable bonds is 11. The molecule has 6 heteroatoms. The van der Waals surface area contributed by atoms with Gasteiger partial charge in [-0.1, -0.05) is 18.5 Å². The van der Waals surface area contributed by atoms with Crippen molar-refractivity contribution in [1.29, 1.82) is 0 Å². The standard InChI is InChI=1S/C15H25NO5/c1-4-5-8-18-9-10-19-11-12-20-14(17)15(2,3)13-6-7-16-21-13/h6-7H,4-5,8-12H2,1-3H3. The molecule has 0 saturated carbocycles. The number of hydrogen-bond acceptors (Lipinski definition) is 6. The minimum absolute atomic E-state index is 0.214. The van der Waals surface area contributed by atoms with Crippen LogP contribution >= 0.6 is 0 Å². The van der Waals surface area contributed by atoms with Crippen molar-refractivity contribution in [1.82, 2.24) is 5.16 Å². The molecule has 0 aliphatic carbocycles. The highest BCUT2D eigenvalue weighted by atomic mass is 16.6. The summed E-state index contributed by atoms with van der Waals surface area (Å²) in [4.78, 5) is 12.0. The van der Waals surface area contributed by atoms with Crippen LogP contribution in [-0.4, -0.2) is 44.2 Å². The van der Waals surface area contributed by atoms with E-state index in [4.69, 9.17) is 18.7 Å². The van der Waals surface area contributed by atoms with Crippen molar-refractivity contribution in [3.63, 3.8) is 0 Å². The van der Waals surface area contributed by atoms with Gasteiger partial charge in [-0.2, -0.15) is 0 Å². The molecule has 0 amide bonds. The number of ether oxygens (including phenoxy) is 3. The van der Waals surface area contributed by atoms with Gasteiger partial charge in [0.05, 0.1) is 26.0 Å². The number of aromatic nitrogens is 1. The molecule has 0 fully saturated rings. The van der Waals surface area contributed by atoms with Gasteiger partial charge in [0, 0.05) is 12.7 Å². The summed E-state index contributed by atoms with van der Waals surface area (Å²) in [5.41, 5.74) is -0.847. The van der Waals surface area contributed by atoms with Gasteiger partial charge in [-0.3, -0.25) is 4.79 Å². The average Bonchev–Trinajstić information content (AvgIpc) is 3.00. The molecule has 0 atom stereocenters. The highest BCUT2D eigenvalue weighted by Crippen LogP contribution is 2.24. The summed E-state index contributed by atoms with van der Waals surface area (Å²) < 4.78 is 20.9. The quantitative estimate of drug-likeness (QED) is 0.461. The lowest BCUT2D eigenvalue weighted by Gasteiger charge is -2.19. The first kappa shape index (κ1) is 17.7. The van der Waals surface area contributed by atoms with Gasteiger partial charge in [-0.05, 0) is 20.3 Å². The van der Waals surface area contributed by atoms with Gasteiger partial charge in [-0.25, -0.2) is 0 Å². The van der Waals surface area contributed by atoms with E-state index >= 15 is 0 Å². The lowest BCUT2D eigenvalue weighted by Crippen LogP contribution is -2.31. The van der Waals surface area contributed by atoms with Gasteiger partial charge in [0.25, 0.3) is 0 Å². The molecule has 0 N–H and O–H groups in total. The Kier molecular flexibility index (Phi) is 8.00. The molecule has 1 heterocycles. The molecule has 1 aromatic heterocycles. The van der Waals surface area contributed by atoms with Gasteiger partial charge >= 0.3 is 5.97 Å². The SMILES string of the molecule is CCCCOCCOCCOC(=O)C(C)(C)c1ccno1. The normalized spacial score (nSPS) is 11.6. The molecule has 0 saturated heterocycles. The lowest BCUT2D eigenvalue weighted by molar-refractivity contribution is -0.151. The van der Waals surface area contributed by atoms with Gasteiger partial charge in [0.1, 0.15) is 12.0 Å². The summed E-state index contributed by atoms with van der Waals surface area (Å²) in [7, 11) is 0. The Bertz CT molecular complexity index is 389. The number of carbonyl (C=O) groups is 1. The van der Waals surface area contributed by atoms with Gasteiger partial charge in [-0.15, -0.1) is 0 Å². The van der Waals surface area contributed by atoms with Crippen molar-refractivity contribution in [2.24, 2.45) is 0 Å². The van der Waals surface area contributed by atoms with E-state index in [1.807, 2.05) is 0 Å². The van der Waals surface area contributed by atoms with E-state index in [9.17, 15) is 4.79 Å². The first-order chi connectivity index (χ1) is 10.1. The number of unbranched alkanes of at least 4 members (excludes halogenated alkanes) is 1. The van der Waals surface area contributed by atoms with Crippen LogP contribution in [0.4, 0.5) is 0 Å². The Morgan fingerprint density at radius 3 is 2.48 bits per heavy atom. The van der Waals surface area contributed by atoms with Crippen LogP contribution in [0.1, 0.15) is 39.4 Å². The van der Waals surface area contributed by atoms with Crippen LogP contribution in [0.15, 0.2) is 16.8 Å². The molecule has 0 spiro atoms. The minimum atomic E-state index is -0.847. The van der Waals surface area contributed by atoms with E-state index in [0.717, 1.165) is 19.4 Å². The summed E-state index contributed by atoms with van der Waals surface area (Å²) in [6.07, 6.45) is 3.69. The van der Waals surface area contributed by atoms with Crippen LogP contribution < -0.4 is 0 Å². The van der Waals surface area contributed by atoms with Crippen molar-refractivity contribution in [2.45, 2.75) is 39.0 Å². The zero-order chi connectivity index (χ0) is 15.6. The Morgan fingerprint density at radius 2 is 1.86 bits per heavy atom. The summed E-state index contributed by atoms with van der Waals surface area (Å²) >= 11 is 0. The molecule has 0 aromatic carbocycles. The fourth-order valence-electron chi connectivity index (χ4n) is 1.58. The van der Waals surface area contributed by atoms with E-state index in [1.165, 1.54) is 6.20 Å². The first-order valence-electron chi connectivity index (χ1n) is 7.33. The average molecular weight is 299 g/mol. The smallest absolute Gasteiger partial charge is 0.319 e. The summed E-state index contributed by atoms with van der Waals surface area (Å²) in [6.45, 7) is 8.00. The highest BCUT2D eigenvalue weighted by molar-refractivity contribution is 5.81. The molecule has 6 nitrogen and oxygen atoms in total.